The van der Waals surface area contributed by atoms with Gasteiger partial charge in [-0.2, -0.15) is 9.47 Å². The number of amides is 1. The van der Waals surface area contributed by atoms with Gasteiger partial charge in [-0.25, -0.2) is 4.68 Å². The SMILES string of the molecule is Cc1nn(-c2ccccc2)c(C)c1CC(=O)Nc1cc(-c2ccccc2)ns1. The molecule has 0 spiro atoms. The normalized spacial score (nSPS) is 10.8. The Morgan fingerprint density at radius 3 is 2.43 bits per heavy atom. The summed E-state index contributed by atoms with van der Waals surface area (Å²) < 4.78 is 6.32. The second kappa shape index (κ2) is 7.78. The van der Waals surface area contributed by atoms with Crippen molar-refractivity contribution in [3.05, 3.63) is 83.7 Å². The van der Waals surface area contributed by atoms with Crippen molar-refractivity contribution in [2.45, 2.75) is 20.3 Å². The van der Waals surface area contributed by atoms with E-state index in [-0.39, 0.29) is 12.3 Å². The minimum absolute atomic E-state index is 0.0675. The zero-order valence-corrected chi connectivity index (χ0v) is 16.5. The summed E-state index contributed by atoms with van der Waals surface area (Å²) >= 11 is 1.29. The molecule has 5 nitrogen and oxygen atoms in total. The Morgan fingerprint density at radius 2 is 1.71 bits per heavy atom. The second-order valence-electron chi connectivity index (χ2n) is 6.56. The van der Waals surface area contributed by atoms with Gasteiger partial charge in [0.15, 0.2) is 0 Å². The number of para-hydroxylation sites is 1. The molecule has 0 aliphatic heterocycles. The Morgan fingerprint density at radius 1 is 1.04 bits per heavy atom. The van der Waals surface area contributed by atoms with Gasteiger partial charge in [-0.1, -0.05) is 48.5 Å². The molecular formula is C22H20N4OS. The molecule has 140 valence electrons. The van der Waals surface area contributed by atoms with Gasteiger partial charge in [0.1, 0.15) is 5.00 Å². The van der Waals surface area contributed by atoms with E-state index in [2.05, 4.69) is 14.8 Å². The maximum atomic E-state index is 12.6. The molecular weight excluding hydrogens is 368 g/mol. The van der Waals surface area contributed by atoms with E-state index in [0.29, 0.717) is 0 Å². The molecule has 0 aliphatic carbocycles. The van der Waals surface area contributed by atoms with Crippen molar-refractivity contribution in [1.82, 2.24) is 14.2 Å². The number of hydrogen-bond donors (Lipinski definition) is 1. The van der Waals surface area contributed by atoms with Gasteiger partial charge in [0.05, 0.1) is 23.5 Å². The minimum Gasteiger partial charge on any atom is -0.316 e. The van der Waals surface area contributed by atoms with E-state index in [0.717, 1.165) is 38.9 Å². The second-order valence-corrected chi connectivity index (χ2v) is 7.37. The lowest BCUT2D eigenvalue weighted by molar-refractivity contribution is -0.115. The van der Waals surface area contributed by atoms with Crippen LogP contribution in [0.25, 0.3) is 16.9 Å². The number of anilines is 1. The third kappa shape index (κ3) is 3.73. The Hall–Kier alpha value is -3.25. The zero-order valence-electron chi connectivity index (χ0n) is 15.7. The van der Waals surface area contributed by atoms with Gasteiger partial charge >= 0.3 is 0 Å². The van der Waals surface area contributed by atoms with E-state index in [1.54, 1.807) is 0 Å². The summed E-state index contributed by atoms with van der Waals surface area (Å²) in [6.45, 7) is 3.94. The van der Waals surface area contributed by atoms with Crippen LogP contribution in [0.2, 0.25) is 0 Å². The molecule has 0 saturated carbocycles. The summed E-state index contributed by atoms with van der Waals surface area (Å²) in [5.41, 5.74) is 5.69. The number of carbonyl (C=O) groups excluding carboxylic acids is 1. The quantitative estimate of drug-likeness (QED) is 0.534. The number of aryl methyl sites for hydroxylation is 1. The summed E-state index contributed by atoms with van der Waals surface area (Å²) in [7, 11) is 0. The predicted molar refractivity (Wildman–Crippen MR) is 113 cm³/mol. The number of aromatic nitrogens is 3. The van der Waals surface area contributed by atoms with Gasteiger partial charge in [0.2, 0.25) is 5.91 Å². The molecule has 2 aromatic carbocycles. The van der Waals surface area contributed by atoms with Gasteiger partial charge in [-0.05, 0) is 37.5 Å². The molecule has 0 aliphatic rings. The lowest BCUT2D eigenvalue weighted by atomic mass is 10.1. The van der Waals surface area contributed by atoms with E-state index in [1.165, 1.54) is 11.5 Å². The molecule has 0 atom stereocenters. The summed E-state index contributed by atoms with van der Waals surface area (Å²) in [4.78, 5) is 12.6. The van der Waals surface area contributed by atoms with Gasteiger partial charge in [-0.3, -0.25) is 4.79 Å². The maximum Gasteiger partial charge on any atom is 0.229 e. The minimum atomic E-state index is -0.0675. The van der Waals surface area contributed by atoms with Gasteiger partial charge in [0.25, 0.3) is 0 Å². The average Bonchev–Trinajstić information content (AvgIpc) is 3.29. The van der Waals surface area contributed by atoms with Crippen LogP contribution in [0.4, 0.5) is 5.00 Å². The highest BCUT2D eigenvalue weighted by molar-refractivity contribution is 7.10. The van der Waals surface area contributed by atoms with E-state index >= 15 is 0 Å². The number of nitrogens with one attached hydrogen (secondary N) is 1. The highest BCUT2D eigenvalue weighted by atomic mass is 32.1. The lowest BCUT2D eigenvalue weighted by Gasteiger charge is -2.05. The molecule has 0 fully saturated rings. The monoisotopic (exact) mass is 388 g/mol. The molecule has 1 N–H and O–H groups in total. The number of rotatable bonds is 5. The maximum absolute atomic E-state index is 12.6. The van der Waals surface area contributed by atoms with Crippen LogP contribution in [-0.2, 0) is 11.2 Å². The van der Waals surface area contributed by atoms with Crippen molar-refractivity contribution < 1.29 is 4.79 Å². The van der Waals surface area contributed by atoms with Crippen molar-refractivity contribution in [1.29, 1.82) is 0 Å². The van der Waals surface area contributed by atoms with Crippen LogP contribution < -0.4 is 5.32 Å². The zero-order chi connectivity index (χ0) is 19.5. The van der Waals surface area contributed by atoms with Crippen LogP contribution in [0, 0.1) is 13.8 Å². The molecule has 0 saturated heterocycles. The Kier molecular flexibility index (Phi) is 5.04. The van der Waals surface area contributed by atoms with Gasteiger partial charge in [0, 0.05) is 22.9 Å². The molecule has 1 amide bonds. The standard InChI is InChI=1S/C22H20N4OS/c1-15-19(16(2)26(24-15)18-11-7-4-8-12-18)13-21(27)23-22-14-20(25-28-22)17-9-5-3-6-10-17/h3-12,14H,13H2,1-2H3,(H,23,27). The lowest BCUT2D eigenvalue weighted by Crippen LogP contribution is -2.14. The molecule has 4 aromatic rings. The van der Waals surface area contributed by atoms with Crippen molar-refractivity contribution in [3.8, 4) is 16.9 Å². The fourth-order valence-electron chi connectivity index (χ4n) is 3.17. The van der Waals surface area contributed by atoms with Crippen LogP contribution in [0.5, 0.6) is 0 Å². The topological polar surface area (TPSA) is 59.8 Å². The molecule has 0 unspecified atom stereocenters. The van der Waals surface area contributed by atoms with Crippen LogP contribution in [0.3, 0.4) is 0 Å². The molecule has 2 heterocycles. The average molecular weight is 388 g/mol. The first-order valence-electron chi connectivity index (χ1n) is 9.04. The predicted octanol–water partition coefficient (Wildman–Crippen LogP) is 4.79. The first-order valence-corrected chi connectivity index (χ1v) is 9.81. The third-order valence-electron chi connectivity index (χ3n) is 4.62. The molecule has 0 radical (unpaired) electrons. The van der Waals surface area contributed by atoms with Crippen LogP contribution in [0.15, 0.2) is 66.7 Å². The summed E-state index contributed by atoms with van der Waals surface area (Å²) in [5.74, 6) is -0.0675. The van der Waals surface area contributed by atoms with Crippen molar-refractivity contribution in [3.63, 3.8) is 0 Å². The molecule has 28 heavy (non-hydrogen) atoms. The summed E-state index contributed by atoms with van der Waals surface area (Å²) in [6.07, 6.45) is 0.281. The number of carbonyl (C=O) groups is 1. The number of hydrogen-bond acceptors (Lipinski definition) is 4. The summed E-state index contributed by atoms with van der Waals surface area (Å²) in [6, 6.07) is 21.8. The van der Waals surface area contributed by atoms with Crippen molar-refractivity contribution in [2.75, 3.05) is 5.32 Å². The third-order valence-corrected chi connectivity index (χ3v) is 5.33. The molecule has 4 rings (SSSR count). The molecule has 2 aromatic heterocycles. The molecule has 6 heteroatoms. The van der Waals surface area contributed by atoms with Crippen LogP contribution in [-0.4, -0.2) is 20.1 Å². The highest BCUT2D eigenvalue weighted by Gasteiger charge is 2.16. The molecule has 0 bridgehead atoms. The Balaban J connectivity index is 1.49. The van der Waals surface area contributed by atoms with E-state index in [4.69, 9.17) is 0 Å². The summed E-state index contributed by atoms with van der Waals surface area (Å²) in [5, 5.41) is 8.32. The van der Waals surface area contributed by atoms with Crippen molar-refractivity contribution >= 4 is 22.4 Å². The Bertz CT molecular complexity index is 1100. The van der Waals surface area contributed by atoms with E-state index < -0.39 is 0 Å². The van der Waals surface area contributed by atoms with Gasteiger partial charge < -0.3 is 5.32 Å². The van der Waals surface area contributed by atoms with Crippen molar-refractivity contribution in [2.24, 2.45) is 0 Å². The van der Waals surface area contributed by atoms with Crippen LogP contribution >= 0.6 is 11.5 Å². The Labute approximate surface area is 167 Å². The highest BCUT2D eigenvalue weighted by Crippen LogP contribution is 2.25. The first kappa shape index (κ1) is 18.1. The number of nitrogens with zero attached hydrogens (tertiary/aromatic N) is 3. The smallest absolute Gasteiger partial charge is 0.229 e. The fraction of sp³-hybridized carbons (Fsp3) is 0.136. The van der Waals surface area contributed by atoms with Crippen LogP contribution in [0.1, 0.15) is 17.0 Å². The first-order chi connectivity index (χ1) is 13.6. The van der Waals surface area contributed by atoms with E-state index in [1.807, 2.05) is 85.3 Å². The largest absolute Gasteiger partial charge is 0.316 e. The fourth-order valence-corrected chi connectivity index (χ4v) is 3.85. The van der Waals surface area contributed by atoms with Gasteiger partial charge in [-0.15, -0.1) is 0 Å². The van der Waals surface area contributed by atoms with E-state index in [9.17, 15) is 4.79 Å². The number of benzene rings is 2.